The van der Waals surface area contributed by atoms with Crippen LogP contribution in [0.25, 0.3) is 0 Å². The van der Waals surface area contributed by atoms with Crippen molar-refractivity contribution in [2.24, 2.45) is 5.92 Å². The maximum Gasteiger partial charge on any atom is 0.0621 e. The molecule has 2 rings (SSSR count). The molecule has 0 radical (unpaired) electrons. The molecule has 1 heterocycles. The fourth-order valence-corrected chi connectivity index (χ4v) is 2.03. The zero-order valence-corrected chi connectivity index (χ0v) is 8.32. The first-order chi connectivity index (χ1) is 6.86. The van der Waals surface area contributed by atoms with Crippen LogP contribution in [0.5, 0.6) is 0 Å². The third-order valence-corrected chi connectivity index (χ3v) is 2.93. The van der Waals surface area contributed by atoms with Crippen molar-refractivity contribution in [1.29, 1.82) is 0 Å². The molecule has 1 fully saturated rings. The van der Waals surface area contributed by atoms with E-state index in [4.69, 9.17) is 0 Å². The third kappa shape index (κ3) is 2.34. The van der Waals surface area contributed by atoms with Gasteiger partial charge in [0.05, 0.1) is 6.10 Å². The van der Waals surface area contributed by atoms with Crippen LogP contribution in [0.15, 0.2) is 30.3 Å². The van der Waals surface area contributed by atoms with Gasteiger partial charge in [0.1, 0.15) is 0 Å². The molecule has 2 N–H and O–H groups in total. The fraction of sp³-hybridized carbons (Fsp3) is 0.500. The predicted molar refractivity (Wildman–Crippen MR) is 57.1 cm³/mol. The van der Waals surface area contributed by atoms with Crippen LogP contribution in [0.1, 0.15) is 12.0 Å². The number of hydrogen-bond acceptors (Lipinski definition) is 2. The van der Waals surface area contributed by atoms with E-state index in [2.05, 4.69) is 17.4 Å². The molecule has 0 amide bonds. The highest BCUT2D eigenvalue weighted by Crippen LogP contribution is 2.16. The van der Waals surface area contributed by atoms with Crippen molar-refractivity contribution in [3.63, 3.8) is 0 Å². The molecule has 1 aliphatic heterocycles. The van der Waals surface area contributed by atoms with Crippen molar-refractivity contribution in [2.75, 3.05) is 13.1 Å². The molecule has 0 saturated carbocycles. The normalized spacial score (nSPS) is 23.6. The van der Waals surface area contributed by atoms with Gasteiger partial charge in [-0.3, -0.25) is 0 Å². The average Bonchev–Trinajstić information content (AvgIpc) is 2.72. The topological polar surface area (TPSA) is 32.3 Å². The Morgan fingerprint density at radius 1 is 1.36 bits per heavy atom. The summed E-state index contributed by atoms with van der Waals surface area (Å²) in [5, 5.41) is 13.2. The van der Waals surface area contributed by atoms with Gasteiger partial charge in [-0.1, -0.05) is 30.3 Å². The van der Waals surface area contributed by atoms with E-state index in [0.29, 0.717) is 5.92 Å². The minimum absolute atomic E-state index is 0.188. The Labute approximate surface area is 85.0 Å². The maximum atomic E-state index is 9.96. The summed E-state index contributed by atoms with van der Waals surface area (Å²) in [7, 11) is 0. The van der Waals surface area contributed by atoms with Crippen LogP contribution in [-0.4, -0.2) is 24.3 Å². The summed E-state index contributed by atoms with van der Waals surface area (Å²) in [6.07, 6.45) is 1.70. The molecule has 1 saturated heterocycles. The van der Waals surface area contributed by atoms with Crippen molar-refractivity contribution in [3.8, 4) is 0 Å². The van der Waals surface area contributed by atoms with E-state index in [-0.39, 0.29) is 6.10 Å². The van der Waals surface area contributed by atoms with Gasteiger partial charge >= 0.3 is 0 Å². The summed E-state index contributed by atoms with van der Waals surface area (Å²) in [6.45, 7) is 2.02. The van der Waals surface area contributed by atoms with E-state index in [0.717, 1.165) is 25.9 Å². The lowest BCUT2D eigenvalue weighted by atomic mass is 9.95. The van der Waals surface area contributed by atoms with Gasteiger partial charge in [-0.15, -0.1) is 0 Å². The molecule has 1 aromatic rings. The van der Waals surface area contributed by atoms with E-state index < -0.39 is 0 Å². The van der Waals surface area contributed by atoms with Crippen LogP contribution in [0, 0.1) is 5.92 Å². The lowest BCUT2D eigenvalue weighted by Gasteiger charge is -2.16. The lowest BCUT2D eigenvalue weighted by Crippen LogP contribution is -2.24. The zero-order valence-electron chi connectivity index (χ0n) is 8.32. The second-order valence-electron chi connectivity index (χ2n) is 4.01. The maximum absolute atomic E-state index is 9.96. The highest BCUT2D eigenvalue weighted by atomic mass is 16.3. The summed E-state index contributed by atoms with van der Waals surface area (Å²) in [6, 6.07) is 10.2. The van der Waals surface area contributed by atoms with Crippen molar-refractivity contribution in [2.45, 2.75) is 18.9 Å². The summed E-state index contributed by atoms with van der Waals surface area (Å²) < 4.78 is 0. The van der Waals surface area contributed by atoms with Crippen molar-refractivity contribution in [3.05, 3.63) is 35.9 Å². The second-order valence-corrected chi connectivity index (χ2v) is 4.01. The van der Waals surface area contributed by atoms with Crippen LogP contribution in [0.4, 0.5) is 0 Å². The lowest BCUT2D eigenvalue weighted by molar-refractivity contribution is 0.117. The van der Waals surface area contributed by atoms with Crippen LogP contribution < -0.4 is 5.32 Å². The summed E-state index contributed by atoms with van der Waals surface area (Å²) in [5.74, 6) is 0.440. The first-order valence-corrected chi connectivity index (χ1v) is 5.29. The summed E-state index contributed by atoms with van der Waals surface area (Å²) in [4.78, 5) is 0. The first kappa shape index (κ1) is 9.69. The van der Waals surface area contributed by atoms with Crippen LogP contribution >= 0.6 is 0 Å². The van der Waals surface area contributed by atoms with Crippen LogP contribution in [0.2, 0.25) is 0 Å². The predicted octanol–water partition coefficient (Wildman–Crippen LogP) is 1.20. The van der Waals surface area contributed by atoms with E-state index in [1.165, 1.54) is 5.56 Å². The molecular weight excluding hydrogens is 174 g/mol. The Morgan fingerprint density at radius 2 is 2.14 bits per heavy atom. The highest BCUT2D eigenvalue weighted by molar-refractivity contribution is 5.15. The van der Waals surface area contributed by atoms with Crippen LogP contribution in [0.3, 0.4) is 0 Å². The van der Waals surface area contributed by atoms with E-state index >= 15 is 0 Å². The van der Waals surface area contributed by atoms with Crippen molar-refractivity contribution >= 4 is 0 Å². The molecule has 76 valence electrons. The number of benzene rings is 1. The Kier molecular flexibility index (Phi) is 3.17. The molecule has 0 aliphatic carbocycles. The van der Waals surface area contributed by atoms with E-state index in [9.17, 15) is 5.11 Å². The summed E-state index contributed by atoms with van der Waals surface area (Å²) >= 11 is 0. The molecule has 0 aromatic heterocycles. The van der Waals surface area contributed by atoms with Crippen molar-refractivity contribution < 1.29 is 5.11 Å². The molecule has 1 aromatic carbocycles. The van der Waals surface area contributed by atoms with Gasteiger partial charge in [0.25, 0.3) is 0 Å². The minimum atomic E-state index is -0.188. The molecular formula is C12H17NO. The second kappa shape index (κ2) is 4.58. The molecule has 0 bridgehead atoms. The highest BCUT2D eigenvalue weighted by Gasteiger charge is 2.22. The Hall–Kier alpha value is -0.860. The number of nitrogens with one attached hydrogen (secondary N) is 1. The largest absolute Gasteiger partial charge is 0.392 e. The Balaban J connectivity index is 1.90. The number of aliphatic hydroxyl groups is 1. The van der Waals surface area contributed by atoms with Gasteiger partial charge in [0.2, 0.25) is 0 Å². The van der Waals surface area contributed by atoms with Gasteiger partial charge < -0.3 is 10.4 Å². The van der Waals surface area contributed by atoms with Gasteiger partial charge in [0, 0.05) is 6.54 Å². The molecule has 2 heteroatoms. The average molecular weight is 191 g/mol. The number of aliphatic hydroxyl groups excluding tert-OH is 1. The first-order valence-electron chi connectivity index (χ1n) is 5.29. The number of rotatable bonds is 3. The minimum Gasteiger partial charge on any atom is -0.392 e. The summed E-state index contributed by atoms with van der Waals surface area (Å²) in [5.41, 5.74) is 1.23. The standard InChI is InChI=1S/C12H17NO/c14-12(11-6-7-13-9-11)8-10-4-2-1-3-5-10/h1-5,11-14H,6-9H2/t11-,12?/m1/s1. The smallest absolute Gasteiger partial charge is 0.0621 e. The van der Waals surface area contributed by atoms with E-state index in [1.54, 1.807) is 0 Å². The Bertz CT molecular complexity index is 267. The third-order valence-electron chi connectivity index (χ3n) is 2.93. The van der Waals surface area contributed by atoms with Gasteiger partial charge in [-0.2, -0.15) is 0 Å². The monoisotopic (exact) mass is 191 g/mol. The van der Waals surface area contributed by atoms with Crippen LogP contribution in [-0.2, 0) is 6.42 Å². The molecule has 0 spiro atoms. The molecule has 1 aliphatic rings. The van der Waals surface area contributed by atoms with Crippen molar-refractivity contribution in [1.82, 2.24) is 5.32 Å². The molecule has 1 unspecified atom stereocenters. The Morgan fingerprint density at radius 3 is 2.79 bits per heavy atom. The fourth-order valence-electron chi connectivity index (χ4n) is 2.03. The van der Waals surface area contributed by atoms with E-state index in [1.807, 2.05) is 18.2 Å². The molecule has 2 nitrogen and oxygen atoms in total. The SMILES string of the molecule is OC(Cc1ccccc1)[C@@H]1CCNC1. The molecule has 14 heavy (non-hydrogen) atoms. The molecule has 2 atom stereocenters. The van der Waals surface area contributed by atoms with Gasteiger partial charge in [0.15, 0.2) is 0 Å². The number of hydrogen-bond donors (Lipinski definition) is 2. The quantitative estimate of drug-likeness (QED) is 0.752. The van der Waals surface area contributed by atoms with Gasteiger partial charge in [-0.05, 0) is 30.9 Å². The van der Waals surface area contributed by atoms with Gasteiger partial charge in [-0.25, -0.2) is 0 Å². The zero-order chi connectivity index (χ0) is 9.80.